The highest BCUT2D eigenvalue weighted by atomic mass is 16.5. The van der Waals surface area contributed by atoms with Crippen molar-refractivity contribution in [3.05, 3.63) is 53.6 Å². The molecule has 9 heteroatoms. The van der Waals surface area contributed by atoms with Crippen LogP contribution in [0, 0.1) is 0 Å². The summed E-state index contributed by atoms with van der Waals surface area (Å²) in [6, 6.07) is 7.50. The van der Waals surface area contributed by atoms with Crippen LogP contribution in [0.25, 0.3) is 10.9 Å². The molecular formula is C26H34N6O3. The number of likely N-dealkylation sites (N-methyl/N-ethyl adjacent to an activating group) is 1. The first-order valence-corrected chi connectivity index (χ1v) is 11.8. The van der Waals surface area contributed by atoms with E-state index in [1.807, 2.05) is 49.2 Å². The Kier molecular flexibility index (Phi) is 7.47. The molecular weight excluding hydrogens is 444 g/mol. The molecule has 0 bridgehead atoms. The van der Waals surface area contributed by atoms with Gasteiger partial charge in [-0.15, -0.1) is 0 Å². The van der Waals surface area contributed by atoms with E-state index >= 15 is 0 Å². The molecule has 35 heavy (non-hydrogen) atoms. The number of carbonyl (C=O) groups excluding carboxylic acids is 1. The van der Waals surface area contributed by atoms with E-state index in [4.69, 9.17) is 14.5 Å². The smallest absolute Gasteiger partial charge is 0.254 e. The van der Waals surface area contributed by atoms with Gasteiger partial charge in [-0.05, 0) is 39.1 Å². The number of fused-ring (bicyclic) bond motifs is 1. The number of aromatic nitrogens is 3. The van der Waals surface area contributed by atoms with Crippen molar-refractivity contribution in [3.8, 4) is 5.75 Å². The minimum atomic E-state index is -0.337. The van der Waals surface area contributed by atoms with Crippen molar-refractivity contribution < 1.29 is 14.3 Å². The molecule has 1 aliphatic heterocycles. The summed E-state index contributed by atoms with van der Waals surface area (Å²) in [5, 5.41) is 4.25. The van der Waals surface area contributed by atoms with Crippen LogP contribution in [-0.4, -0.2) is 90.3 Å². The fourth-order valence-corrected chi connectivity index (χ4v) is 3.96. The first-order chi connectivity index (χ1) is 16.8. The highest BCUT2D eigenvalue weighted by Gasteiger charge is 2.22. The number of piperazine rings is 1. The molecule has 1 aliphatic rings. The Labute approximate surface area is 206 Å². The summed E-state index contributed by atoms with van der Waals surface area (Å²) in [4.78, 5) is 30.9. The Bertz CT molecular complexity index is 1190. The lowest BCUT2D eigenvalue weighted by Gasteiger charge is -2.32. The second-order valence-corrected chi connectivity index (χ2v) is 9.50. The summed E-state index contributed by atoms with van der Waals surface area (Å²) in [6.07, 6.45) is 4.02. The van der Waals surface area contributed by atoms with Crippen LogP contribution in [-0.2, 0) is 11.2 Å². The van der Waals surface area contributed by atoms with Crippen molar-refractivity contribution in [2.45, 2.75) is 25.9 Å². The molecule has 1 aromatic carbocycles. The molecule has 9 nitrogen and oxygen atoms in total. The van der Waals surface area contributed by atoms with Gasteiger partial charge < -0.3 is 24.6 Å². The number of amides is 1. The number of rotatable bonds is 8. The van der Waals surface area contributed by atoms with Gasteiger partial charge in [-0.2, -0.15) is 0 Å². The van der Waals surface area contributed by atoms with E-state index in [0.717, 1.165) is 42.6 Å². The Morgan fingerprint density at radius 2 is 1.89 bits per heavy atom. The van der Waals surface area contributed by atoms with Crippen molar-refractivity contribution in [1.29, 1.82) is 0 Å². The van der Waals surface area contributed by atoms with Gasteiger partial charge in [-0.25, -0.2) is 15.0 Å². The predicted molar refractivity (Wildman–Crippen MR) is 136 cm³/mol. The van der Waals surface area contributed by atoms with Gasteiger partial charge >= 0.3 is 0 Å². The van der Waals surface area contributed by atoms with E-state index in [2.05, 4.69) is 27.2 Å². The third-order valence-electron chi connectivity index (χ3n) is 6.46. The average Bonchev–Trinajstić information content (AvgIpc) is 2.87. The van der Waals surface area contributed by atoms with E-state index in [9.17, 15) is 4.79 Å². The summed E-state index contributed by atoms with van der Waals surface area (Å²) in [7, 11) is 5.38. The first-order valence-electron chi connectivity index (χ1n) is 11.8. The second kappa shape index (κ2) is 10.5. The van der Waals surface area contributed by atoms with Crippen LogP contribution < -0.4 is 10.1 Å². The maximum atomic E-state index is 13.0. The van der Waals surface area contributed by atoms with Gasteiger partial charge in [-0.1, -0.05) is 6.07 Å². The fraction of sp³-hybridized carbons (Fsp3) is 0.462. The van der Waals surface area contributed by atoms with Crippen LogP contribution in [0.3, 0.4) is 0 Å². The van der Waals surface area contributed by atoms with Gasteiger partial charge in [0.1, 0.15) is 17.1 Å². The van der Waals surface area contributed by atoms with E-state index in [-0.39, 0.29) is 11.5 Å². The van der Waals surface area contributed by atoms with Crippen LogP contribution in [0.2, 0.25) is 0 Å². The zero-order valence-corrected chi connectivity index (χ0v) is 21.2. The Morgan fingerprint density at radius 3 is 2.60 bits per heavy atom. The van der Waals surface area contributed by atoms with Crippen molar-refractivity contribution in [1.82, 2.24) is 24.8 Å². The molecule has 1 fully saturated rings. The van der Waals surface area contributed by atoms with Crippen LogP contribution in [0.15, 0.2) is 36.7 Å². The number of ether oxygens (including phenoxy) is 2. The topological polar surface area (TPSA) is 92.7 Å². The van der Waals surface area contributed by atoms with E-state index in [1.54, 1.807) is 20.4 Å². The number of anilines is 1. The molecule has 3 aromatic rings. The Morgan fingerprint density at radius 1 is 1.11 bits per heavy atom. The molecule has 0 unspecified atom stereocenters. The number of hydrogen-bond donors (Lipinski definition) is 1. The zero-order chi connectivity index (χ0) is 25.0. The lowest BCUT2D eigenvalue weighted by molar-refractivity contribution is 0.0343. The van der Waals surface area contributed by atoms with Crippen LogP contribution >= 0.6 is 0 Å². The lowest BCUT2D eigenvalue weighted by Crippen LogP contribution is -2.47. The Balaban J connectivity index is 1.55. The second-order valence-electron chi connectivity index (χ2n) is 9.50. The van der Waals surface area contributed by atoms with Gasteiger partial charge in [0.2, 0.25) is 0 Å². The lowest BCUT2D eigenvalue weighted by atomic mass is 10.1. The number of nitrogens with one attached hydrogen (secondary N) is 1. The number of pyridine rings is 1. The molecule has 0 atom stereocenters. The molecule has 0 spiro atoms. The quantitative estimate of drug-likeness (QED) is 0.528. The Hall–Kier alpha value is -3.30. The van der Waals surface area contributed by atoms with Crippen LogP contribution in [0.1, 0.15) is 35.6 Å². The third-order valence-corrected chi connectivity index (χ3v) is 6.46. The van der Waals surface area contributed by atoms with Crippen molar-refractivity contribution in [2.75, 3.05) is 59.3 Å². The fourth-order valence-electron chi connectivity index (χ4n) is 3.96. The molecule has 2 aromatic heterocycles. The molecule has 0 radical (unpaired) electrons. The summed E-state index contributed by atoms with van der Waals surface area (Å²) in [6.45, 7) is 7.84. The van der Waals surface area contributed by atoms with Crippen LogP contribution in [0.4, 0.5) is 5.82 Å². The molecule has 186 valence electrons. The third kappa shape index (κ3) is 5.86. The molecule has 0 aliphatic carbocycles. The van der Waals surface area contributed by atoms with Gasteiger partial charge in [0.25, 0.3) is 5.91 Å². The zero-order valence-electron chi connectivity index (χ0n) is 21.2. The number of nitrogens with zero attached hydrogens (tertiary/aromatic N) is 5. The predicted octanol–water partition coefficient (Wildman–Crippen LogP) is 2.85. The largest absolute Gasteiger partial charge is 0.496 e. The molecule has 0 saturated carbocycles. The summed E-state index contributed by atoms with van der Waals surface area (Å²) in [5.41, 5.74) is 1.97. The number of hydrogen-bond acceptors (Lipinski definition) is 8. The van der Waals surface area contributed by atoms with Crippen molar-refractivity contribution in [3.63, 3.8) is 0 Å². The van der Waals surface area contributed by atoms with E-state index in [1.165, 1.54) is 0 Å². The molecule has 4 rings (SSSR count). The number of benzene rings is 1. The minimum Gasteiger partial charge on any atom is -0.496 e. The maximum absolute atomic E-state index is 13.0. The average molecular weight is 479 g/mol. The van der Waals surface area contributed by atoms with E-state index < -0.39 is 0 Å². The van der Waals surface area contributed by atoms with Crippen molar-refractivity contribution >= 4 is 22.6 Å². The standard InChI is InChI=1S/C26H34N6O3/c1-26(2,35-5)17-29-24-23-20(8-9-27-24)16-28-22(30-23)15-18-6-7-19(14-21(18)34-4)25(33)32-12-10-31(3)11-13-32/h6-9,14,16H,10-13,15,17H2,1-5H3,(H,27,29). The highest BCUT2D eigenvalue weighted by molar-refractivity contribution is 5.95. The van der Waals surface area contributed by atoms with Crippen molar-refractivity contribution in [2.24, 2.45) is 0 Å². The first kappa shape index (κ1) is 24.8. The maximum Gasteiger partial charge on any atom is 0.254 e. The SMILES string of the molecule is COc1cc(C(=O)N2CCN(C)CC2)ccc1Cc1ncc2ccnc(NCC(C)(C)OC)c2n1. The number of methoxy groups -OCH3 is 2. The molecule has 1 saturated heterocycles. The summed E-state index contributed by atoms with van der Waals surface area (Å²) >= 11 is 0. The molecule has 1 N–H and O–H groups in total. The minimum absolute atomic E-state index is 0.0330. The summed E-state index contributed by atoms with van der Waals surface area (Å²) < 4.78 is 11.1. The number of carbonyl (C=O) groups is 1. The van der Waals surface area contributed by atoms with Gasteiger partial charge in [0.05, 0.1) is 12.7 Å². The highest BCUT2D eigenvalue weighted by Crippen LogP contribution is 2.25. The normalized spacial score (nSPS) is 14.8. The van der Waals surface area contributed by atoms with Gasteiger partial charge in [-0.3, -0.25) is 4.79 Å². The molecule has 3 heterocycles. The van der Waals surface area contributed by atoms with Gasteiger partial charge in [0.15, 0.2) is 5.82 Å². The molecule has 1 amide bonds. The van der Waals surface area contributed by atoms with E-state index in [0.29, 0.717) is 35.9 Å². The monoisotopic (exact) mass is 478 g/mol. The summed E-state index contributed by atoms with van der Waals surface area (Å²) in [5.74, 6) is 2.03. The van der Waals surface area contributed by atoms with Crippen LogP contribution in [0.5, 0.6) is 5.75 Å². The van der Waals surface area contributed by atoms with Gasteiger partial charge in [0, 0.05) is 75.2 Å².